The van der Waals surface area contributed by atoms with Crippen molar-refractivity contribution in [1.29, 1.82) is 0 Å². The van der Waals surface area contributed by atoms with Gasteiger partial charge in [-0.05, 0) is 0 Å². The van der Waals surface area contributed by atoms with E-state index in [1.54, 1.807) is 6.26 Å². The zero-order valence-corrected chi connectivity index (χ0v) is 10.7. The van der Waals surface area contributed by atoms with Crippen LogP contribution in [0.15, 0.2) is 45.9 Å². The molecule has 0 spiro atoms. The molecular weight excluding hydrogens is 310 g/mol. The predicted octanol–water partition coefficient (Wildman–Crippen LogP) is 1.66. The van der Waals surface area contributed by atoms with Gasteiger partial charge in [-0.3, -0.25) is 0 Å². The van der Waals surface area contributed by atoms with Crippen LogP contribution in [0, 0.1) is 5.92 Å². The molecule has 4 heteroatoms. The minimum atomic E-state index is 0.441. The minimum absolute atomic E-state index is 0.441. The van der Waals surface area contributed by atoms with Crippen LogP contribution in [0.5, 0.6) is 0 Å². The van der Waals surface area contributed by atoms with E-state index in [0.717, 1.165) is 11.5 Å². The molecule has 0 N–H and O–H groups in total. The fourth-order valence-electron chi connectivity index (χ4n) is 1.60. The molecule has 0 saturated carbocycles. The summed E-state index contributed by atoms with van der Waals surface area (Å²) in [6.07, 6.45) is 5.72. The summed E-state index contributed by atoms with van der Waals surface area (Å²) in [6, 6.07) is 4.05. The van der Waals surface area contributed by atoms with Gasteiger partial charge in [0.15, 0.2) is 0 Å². The van der Waals surface area contributed by atoms with Crippen molar-refractivity contribution in [3.8, 4) is 0 Å². The number of fused-ring (bicyclic) bond motifs is 1. The Morgan fingerprint density at radius 1 is 1.36 bits per heavy atom. The van der Waals surface area contributed by atoms with Gasteiger partial charge in [0.05, 0.1) is 0 Å². The van der Waals surface area contributed by atoms with Gasteiger partial charge in [0.1, 0.15) is 0 Å². The molecule has 2 nitrogen and oxygen atoms in total. The van der Waals surface area contributed by atoms with Crippen LogP contribution in [-0.4, -0.2) is 26.3 Å². The predicted molar refractivity (Wildman–Crippen MR) is 54.8 cm³/mol. The van der Waals surface area contributed by atoms with E-state index in [-0.39, 0.29) is 0 Å². The van der Waals surface area contributed by atoms with Gasteiger partial charge in [-0.25, -0.2) is 0 Å². The molecule has 0 amide bonds. The van der Waals surface area contributed by atoms with Gasteiger partial charge in [0.25, 0.3) is 0 Å². The van der Waals surface area contributed by atoms with E-state index in [1.165, 1.54) is 0 Å². The third kappa shape index (κ3) is 1.39. The molecular formula is C10H8O2Se2. The first-order valence-electron chi connectivity index (χ1n) is 4.34. The summed E-state index contributed by atoms with van der Waals surface area (Å²) in [5.41, 5.74) is 0. The van der Waals surface area contributed by atoms with Gasteiger partial charge in [-0.15, -0.1) is 0 Å². The first-order valence-corrected chi connectivity index (χ1v) is 10.7. The third-order valence-corrected chi connectivity index (χ3v) is 9.27. The van der Waals surface area contributed by atoms with Crippen molar-refractivity contribution in [3.63, 3.8) is 0 Å². The fraction of sp³-hybridized carbons (Fsp3) is 0.200. The Morgan fingerprint density at radius 3 is 3.21 bits per heavy atom. The molecule has 72 valence electrons. The van der Waals surface area contributed by atoms with E-state index in [0.29, 0.717) is 37.0 Å². The number of rotatable bonds is 1. The quantitative estimate of drug-likeness (QED) is 0.735. The molecule has 0 bridgehead atoms. The van der Waals surface area contributed by atoms with E-state index in [9.17, 15) is 0 Å². The molecule has 2 aliphatic heterocycles. The molecule has 3 rings (SSSR count). The average molecular weight is 318 g/mol. The Kier molecular flexibility index (Phi) is 2.30. The molecule has 0 saturated heterocycles. The van der Waals surface area contributed by atoms with Crippen LogP contribution in [0.3, 0.4) is 0 Å². The number of allylic oxidation sites excluding steroid dienone is 1. The summed E-state index contributed by atoms with van der Waals surface area (Å²) in [6.45, 7) is 0. The first kappa shape index (κ1) is 8.87. The van der Waals surface area contributed by atoms with Gasteiger partial charge in [0, 0.05) is 0 Å². The van der Waals surface area contributed by atoms with Crippen LogP contribution in [0.1, 0.15) is 10.6 Å². The number of hydrogen-bond donors (Lipinski definition) is 0. The van der Waals surface area contributed by atoms with Gasteiger partial charge in [-0.1, -0.05) is 0 Å². The summed E-state index contributed by atoms with van der Waals surface area (Å²) in [5, 5.41) is 0. The standard InChI is InChI=1S/C10H8O2Se2/c1-2-8(11-4-1)10-7-3-5-12-9(7)6-13-14-10/h1-7,10H/t7-,10-/m1/s1. The van der Waals surface area contributed by atoms with Crippen LogP contribution < -0.4 is 0 Å². The van der Waals surface area contributed by atoms with Crippen LogP contribution in [0.25, 0.3) is 0 Å². The van der Waals surface area contributed by atoms with Gasteiger partial charge < -0.3 is 0 Å². The maximum absolute atomic E-state index is 5.49. The molecule has 0 aromatic carbocycles. The number of furan rings is 1. The van der Waals surface area contributed by atoms with Crippen molar-refractivity contribution >= 4 is 26.3 Å². The maximum atomic E-state index is 5.49. The molecule has 0 radical (unpaired) electrons. The molecule has 1 aromatic heterocycles. The van der Waals surface area contributed by atoms with E-state index >= 15 is 0 Å². The monoisotopic (exact) mass is 320 g/mol. The summed E-state index contributed by atoms with van der Waals surface area (Å²) in [7, 11) is 0. The molecule has 3 heterocycles. The third-order valence-electron chi connectivity index (χ3n) is 2.29. The van der Waals surface area contributed by atoms with Crippen molar-refractivity contribution in [2.45, 2.75) is 4.82 Å². The summed E-state index contributed by atoms with van der Waals surface area (Å²) in [4.78, 5) is 2.83. The Hall–Kier alpha value is -0.401. The van der Waals surface area contributed by atoms with Crippen LogP contribution in [-0.2, 0) is 4.74 Å². The van der Waals surface area contributed by atoms with Gasteiger partial charge >= 0.3 is 93.4 Å². The normalized spacial score (nSPS) is 29.6. The van der Waals surface area contributed by atoms with Crippen molar-refractivity contribution in [3.05, 3.63) is 47.2 Å². The van der Waals surface area contributed by atoms with Crippen molar-refractivity contribution < 1.29 is 9.15 Å². The van der Waals surface area contributed by atoms with Crippen LogP contribution >= 0.6 is 0 Å². The number of hydrogen-bond acceptors (Lipinski definition) is 2. The molecule has 1 aromatic rings. The van der Waals surface area contributed by atoms with Gasteiger partial charge in [-0.2, -0.15) is 0 Å². The fourth-order valence-corrected chi connectivity index (χ4v) is 9.10. The summed E-state index contributed by atoms with van der Waals surface area (Å²) >= 11 is 1.26. The molecule has 0 aliphatic carbocycles. The van der Waals surface area contributed by atoms with Crippen molar-refractivity contribution in [2.75, 3.05) is 0 Å². The Labute approximate surface area is 93.3 Å². The van der Waals surface area contributed by atoms with E-state index in [2.05, 4.69) is 17.1 Å². The second kappa shape index (κ2) is 3.63. The zero-order chi connectivity index (χ0) is 9.38. The zero-order valence-electron chi connectivity index (χ0n) is 7.25. The molecule has 14 heavy (non-hydrogen) atoms. The molecule has 0 fully saturated rings. The van der Waals surface area contributed by atoms with Gasteiger partial charge in [0.2, 0.25) is 0 Å². The summed E-state index contributed by atoms with van der Waals surface area (Å²) < 4.78 is 10.9. The molecule has 2 aliphatic rings. The van der Waals surface area contributed by atoms with Crippen molar-refractivity contribution in [2.24, 2.45) is 5.92 Å². The first-order chi connectivity index (χ1) is 6.95. The number of ether oxygens (including phenoxy) is 1. The van der Waals surface area contributed by atoms with Crippen LogP contribution in [0.4, 0.5) is 0 Å². The topological polar surface area (TPSA) is 22.4 Å². The SMILES string of the molecule is C1=C[C@@H]2C(=C[Se][Se][C@H]2c2ccco2)O1. The molecule has 0 unspecified atom stereocenters. The van der Waals surface area contributed by atoms with E-state index in [4.69, 9.17) is 9.15 Å². The van der Waals surface area contributed by atoms with Crippen LogP contribution in [0.2, 0.25) is 0 Å². The Morgan fingerprint density at radius 2 is 2.36 bits per heavy atom. The second-order valence-corrected chi connectivity index (χ2v) is 9.68. The van der Waals surface area contributed by atoms with Crippen molar-refractivity contribution in [1.82, 2.24) is 0 Å². The average Bonchev–Trinajstić information content (AvgIpc) is 2.88. The second-order valence-electron chi connectivity index (χ2n) is 3.12. The molecule has 2 atom stereocenters. The summed E-state index contributed by atoms with van der Waals surface area (Å²) in [5.74, 6) is 2.70. The Bertz CT molecular complexity index is 381. The Balaban J connectivity index is 1.94. The van der Waals surface area contributed by atoms with E-state index in [1.807, 2.05) is 12.3 Å². The van der Waals surface area contributed by atoms with E-state index < -0.39 is 0 Å².